The first-order valence-corrected chi connectivity index (χ1v) is 7.54. The highest BCUT2D eigenvalue weighted by molar-refractivity contribution is 5.78. The van der Waals surface area contributed by atoms with Gasteiger partial charge < -0.3 is 15.4 Å². The second kappa shape index (κ2) is 8.00. The summed E-state index contributed by atoms with van der Waals surface area (Å²) in [7, 11) is 1.67. The Labute approximate surface area is 126 Å². The van der Waals surface area contributed by atoms with E-state index in [-0.39, 0.29) is 5.91 Å². The van der Waals surface area contributed by atoms with Gasteiger partial charge in [-0.2, -0.15) is 0 Å². The molecule has 0 radical (unpaired) electrons. The first-order chi connectivity index (χ1) is 10.2. The molecule has 116 valence electrons. The topological polar surface area (TPSA) is 53.6 Å². The second-order valence-electron chi connectivity index (χ2n) is 5.44. The summed E-state index contributed by atoms with van der Waals surface area (Å²) in [6, 6.07) is 8.33. The van der Waals surface area contributed by atoms with Crippen LogP contribution in [0.2, 0.25) is 0 Å². The highest BCUT2D eigenvalue weighted by atomic mass is 16.5. The number of carbonyl (C=O) groups is 1. The highest BCUT2D eigenvalue weighted by Gasteiger charge is 2.19. The van der Waals surface area contributed by atoms with Gasteiger partial charge in [-0.05, 0) is 25.0 Å². The molecule has 0 aromatic heterocycles. The van der Waals surface area contributed by atoms with Crippen LogP contribution in [0.3, 0.4) is 0 Å². The molecule has 1 aliphatic rings. The first-order valence-electron chi connectivity index (χ1n) is 7.54. The maximum absolute atomic E-state index is 12.0. The molecule has 1 aromatic rings. The molecule has 5 nitrogen and oxygen atoms in total. The Morgan fingerprint density at radius 3 is 3.05 bits per heavy atom. The molecule has 1 amide bonds. The zero-order chi connectivity index (χ0) is 15.1. The standard InChI is InChI=1S/C16H25N3O2/c1-13-11-17-9-10-19(13)12-16(20)18-8-7-14-5-3-4-6-15(14)21-2/h3-6,13,17H,7-12H2,1-2H3,(H,18,20)/t13-/m0/s1. The Kier molecular flexibility index (Phi) is 6.02. The lowest BCUT2D eigenvalue weighted by Crippen LogP contribution is -2.52. The molecule has 1 aliphatic heterocycles. The number of rotatable bonds is 6. The van der Waals surface area contributed by atoms with Crippen molar-refractivity contribution in [2.45, 2.75) is 19.4 Å². The molecule has 21 heavy (non-hydrogen) atoms. The number of hydrogen-bond donors (Lipinski definition) is 2. The van der Waals surface area contributed by atoms with Gasteiger partial charge in [0.2, 0.25) is 5.91 Å². The molecule has 5 heteroatoms. The molecule has 0 saturated carbocycles. The molecule has 2 rings (SSSR count). The minimum absolute atomic E-state index is 0.0960. The molecule has 1 heterocycles. The summed E-state index contributed by atoms with van der Waals surface area (Å²) in [6.07, 6.45) is 0.785. The molecule has 1 aromatic carbocycles. The van der Waals surface area contributed by atoms with Crippen LogP contribution < -0.4 is 15.4 Å². The Morgan fingerprint density at radius 2 is 2.29 bits per heavy atom. The average Bonchev–Trinajstić information content (AvgIpc) is 2.50. The second-order valence-corrected chi connectivity index (χ2v) is 5.44. The van der Waals surface area contributed by atoms with E-state index in [1.165, 1.54) is 0 Å². The van der Waals surface area contributed by atoms with Crippen LogP contribution in [0.4, 0.5) is 0 Å². The molecular weight excluding hydrogens is 266 g/mol. The summed E-state index contributed by atoms with van der Waals surface area (Å²) in [5.74, 6) is 0.973. The van der Waals surface area contributed by atoms with E-state index in [4.69, 9.17) is 4.74 Å². The highest BCUT2D eigenvalue weighted by Crippen LogP contribution is 2.17. The van der Waals surface area contributed by atoms with Crippen molar-refractivity contribution in [3.05, 3.63) is 29.8 Å². The molecule has 2 N–H and O–H groups in total. The normalized spacial score (nSPS) is 19.2. The van der Waals surface area contributed by atoms with Gasteiger partial charge in [-0.3, -0.25) is 9.69 Å². The van der Waals surface area contributed by atoms with Crippen molar-refractivity contribution in [3.8, 4) is 5.75 Å². The van der Waals surface area contributed by atoms with Gasteiger partial charge in [-0.1, -0.05) is 18.2 Å². The molecule has 1 saturated heterocycles. The van der Waals surface area contributed by atoms with Crippen LogP contribution in [0.25, 0.3) is 0 Å². The van der Waals surface area contributed by atoms with Crippen LogP contribution in [0.1, 0.15) is 12.5 Å². The van der Waals surface area contributed by atoms with Gasteiger partial charge in [0.15, 0.2) is 0 Å². The average molecular weight is 291 g/mol. The molecule has 1 fully saturated rings. The number of benzene rings is 1. The third-order valence-corrected chi connectivity index (χ3v) is 3.89. The van der Waals surface area contributed by atoms with Crippen LogP contribution in [0.15, 0.2) is 24.3 Å². The van der Waals surface area contributed by atoms with E-state index in [1.807, 2.05) is 24.3 Å². The fourth-order valence-electron chi connectivity index (χ4n) is 2.60. The zero-order valence-electron chi connectivity index (χ0n) is 12.9. The number of para-hydroxylation sites is 1. The van der Waals surface area contributed by atoms with Crippen LogP contribution in [0.5, 0.6) is 5.75 Å². The molecule has 0 bridgehead atoms. The maximum atomic E-state index is 12.0. The minimum atomic E-state index is 0.0960. The predicted molar refractivity (Wildman–Crippen MR) is 83.6 cm³/mol. The van der Waals surface area contributed by atoms with Gasteiger partial charge in [-0.15, -0.1) is 0 Å². The van der Waals surface area contributed by atoms with E-state index >= 15 is 0 Å². The lowest BCUT2D eigenvalue weighted by atomic mass is 10.1. The van der Waals surface area contributed by atoms with Crippen molar-refractivity contribution in [2.75, 3.05) is 39.8 Å². The smallest absolute Gasteiger partial charge is 0.234 e. The number of carbonyl (C=O) groups excluding carboxylic acids is 1. The first kappa shape index (κ1) is 15.8. The maximum Gasteiger partial charge on any atom is 0.234 e. The van der Waals surface area contributed by atoms with Crippen molar-refractivity contribution in [2.24, 2.45) is 0 Å². The quantitative estimate of drug-likeness (QED) is 0.808. The Balaban J connectivity index is 1.74. The minimum Gasteiger partial charge on any atom is -0.496 e. The van der Waals surface area contributed by atoms with Crippen molar-refractivity contribution >= 4 is 5.91 Å². The SMILES string of the molecule is COc1ccccc1CCNC(=O)CN1CCNC[C@@H]1C. The fraction of sp³-hybridized carbons (Fsp3) is 0.562. The van der Waals surface area contributed by atoms with Crippen LogP contribution in [-0.4, -0.2) is 56.7 Å². The lowest BCUT2D eigenvalue weighted by molar-refractivity contribution is -0.122. The van der Waals surface area contributed by atoms with Crippen molar-refractivity contribution in [3.63, 3.8) is 0 Å². The Hall–Kier alpha value is -1.59. The van der Waals surface area contributed by atoms with E-state index in [0.717, 1.165) is 37.4 Å². The molecule has 0 unspecified atom stereocenters. The number of piperazine rings is 1. The summed E-state index contributed by atoms with van der Waals surface area (Å²) in [5, 5.41) is 6.32. The van der Waals surface area contributed by atoms with Crippen LogP contribution in [-0.2, 0) is 11.2 Å². The largest absolute Gasteiger partial charge is 0.496 e. The number of methoxy groups -OCH3 is 1. The van der Waals surface area contributed by atoms with Crippen molar-refractivity contribution in [1.82, 2.24) is 15.5 Å². The molecular formula is C16H25N3O2. The van der Waals surface area contributed by atoms with E-state index < -0.39 is 0 Å². The van der Waals surface area contributed by atoms with Gasteiger partial charge in [0.1, 0.15) is 5.75 Å². The number of ether oxygens (including phenoxy) is 1. The van der Waals surface area contributed by atoms with E-state index in [0.29, 0.717) is 19.1 Å². The van der Waals surface area contributed by atoms with E-state index in [1.54, 1.807) is 7.11 Å². The lowest BCUT2D eigenvalue weighted by Gasteiger charge is -2.33. The number of hydrogen-bond acceptors (Lipinski definition) is 4. The third kappa shape index (κ3) is 4.72. The van der Waals surface area contributed by atoms with E-state index in [9.17, 15) is 4.79 Å². The summed E-state index contributed by atoms with van der Waals surface area (Å²) in [5.41, 5.74) is 1.12. The van der Waals surface area contributed by atoms with Gasteiger partial charge in [-0.25, -0.2) is 0 Å². The van der Waals surface area contributed by atoms with Gasteiger partial charge in [0.25, 0.3) is 0 Å². The Bertz CT molecular complexity index is 465. The van der Waals surface area contributed by atoms with E-state index in [2.05, 4.69) is 22.5 Å². The number of nitrogens with zero attached hydrogens (tertiary/aromatic N) is 1. The summed E-state index contributed by atoms with van der Waals surface area (Å²) >= 11 is 0. The van der Waals surface area contributed by atoms with Gasteiger partial charge in [0.05, 0.1) is 13.7 Å². The Morgan fingerprint density at radius 1 is 1.48 bits per heavy atom. The third-order valence-electron chi connectivity index (χ3n) is 3.89. The number of nitrogens with one attached hydrogen (secondary N) is 2. The summed E-state index contributed by atoms with van der Waals surface area (Å²) in [4.78, 5) is 14.2. The molecule has 1 atom stereocenters. The summed E-state index contributed by atoms with van der Waals surface area (Å²) in [6.45, 7) is 6.11. The van der Waals surface area contributed by atoms with Crippen LogP contribution in [0, 0.1) is 0 Å². The monoisotopic (exact) mass is 291 g/mol. The van der Waals surface area contributed by atoms with Crippen LogP contribution >= 0.6 is 0 Å². The van der Waals surface area contributed by atoms with Gasteiger partial charge >= 0.3 is 0 Å². The molecule has 0 spiro atoms. The predicted octanol–water partition coefficient (Wildman–Crippen LogP) is 0.648. The fourth-order valence-corrected chi connectivity index (χ4v) is 2.60. The molecule has 0 aliphatic carbocycles. The van der Waals surface area contributed by atoms with Crippen molar-refractivity contribution in [1.29, 1.82) is 0 Å². The van der Waals surface area contributed by atoms with Gasteiger partial charge in [0, 0.05) is 32.2 Å². The number of amides is 1. The summed E-state index contributed by atoms with van der Waals surface area (Å²) < 4.78 is 5.31. The zero-order valence-corrected chi connectivity index (χ0v) is 12.9. The van der Waals surface area contributed by atoms with Crippen molar-refractivity contribution < 1.29 is 9.53 Å².